The molecule has 1 heterocycles. The molecule has 3 aromatic rings. The second kappa shape index (κ2) is 9.71. The van der Waals surface area contributed by atoms with Crippen molar-refractivity contribution in [3.63, 3.8) is 0 Å². The van der Waals surface area contributed by atoms with Crippen LogP contribution in [-0.2, 0) is 0 Å². The average Bonchev–Trinajstić information content (AvgIpc) is 3.26. The second-order valence-electron chi connectivity index (χ2n) is 6.33. The van der Waals surface area contributed by atoms with Gasteiger partial charge in [-0.05, 0) is 80.2 Å². The Morgan fingerprint density at radius 3 is 2.47 bits per heavy atom. The molecule has 0 saturated heterocycles. The normalized spacial score (nSPS) is 10.2. The van der Waals surface area contributed by atoms with Crippen molar-refractivity contribution in [3.8, 4) is 5.75 Å². The third kappa shape index (κ3) is 5.45. The number of rotatable bonds is 6. The minimum atomic E-state index is -0.360. The second-order valence-corrected chi connectivity index (χ2v) is 6.74. The number of thiocarbonyl (C=S) groups is 1. The number of aryl methyl sites for hydroxylation is 1. The van der Waals surface area contributed by atoms with Crippen LogP contribution in [0.1, 0.15) is 33.4 Å². The fourth-order valence-corrected chi connectivity index (χ4v) is 2.84. The van der Waals surface area contributed by atoms with Crippen LogP contribution in [0.5, 0.6) is 5.75 Å². The van der Waals surface area contributed by atoms with Crippen LogP contribution >= 0.6 is 12.2 Å². The fraction of sp³-hybridized carbons (Fsp3) is 0.136. The number of benzene rings is 2. The number of furan rings is 1. The molecule has 0 radical (unpaired) electrons. The van der Waals surface area contributed by atoms with E-state index in [1.807, 2.05) is 19.9 Å². The number of carbonyl (C=O) groups is 2. The smallest absolute Gasteiger partial charge is 0.291 e. The first kappa shape index (κ1) is 21.1. The SMILES string of the molecule is CCOc1ccc(C(=O)NC(=S)Nc2cc(NC(=O)c3ccco3)ccc2C)cc1. The zero-order valence-electron chi connectivity index (χ0n) is 16.5. The highest BCUT2D eigenvalue weighted by Crippen LogP contribution is 2.21. The maximum absolute atomic E-state index is 12.4. The summed E-state index contributed by atoms with van der Waals surface area (Å²) in [4.78, 5) is 24.5. The molecule has 2 aromatic carbocycles. The summed E-state index contributed by atoms with van der Waals surface area (Å²) in [7, 11) is 0. The molecule has 0 bridgehead atoms. The van der Waals surface area contributed by atoms with E-state index in [1.54, 1.807) is 48.5 Å². The molecule has 1 aromatic heterocycles. The third-order valence-electron chi connectivity index (χ3n) is 4.14. The van der Waals surface area contributed by atoms with Gasteiger partial charge >= 0.3 is 0 Å². The predicted molar refractivity (Wildman–Crippen MR) is 119 cm³/mol. The first-order valence-electron chi connectivity index (χ1n) is 9.27. The van der Waals surface area contributed by atoms with Gasteiger partial charge in [0.15, 0.2) is 10.9 Å². The molecule has 3 N–H and O–H groups in total. The Kier molecular flexibility index (Phi) is 6.82. The van der Waals surface area contributed by atoms with E-state index in [1.165, 1.54) is 6.26 Å². The van der Waals surface area contributed by atoms with Gasteiger partial charge in [0.1, 0.15) is 5.75 Å². The molecule has 0 aliphatic heterocycles. The summed E-state index contributed by atoms with van der Waals surface area (Å²) in [6.45, 7) is 4.33. The van der Waals surface area contributed by atoms with Crippen LogP contribution in [0.15, 0.2) is 65.3 Å². The summed E-state index contributed by atoms with van der Waals surface area (Å²) in [5.41, 5.74) is 2.57. The van der Waals surface area contributed by atoms with Gasteiger partial charge in [0, 0.05) is 16.9 Å². The zero-order valence-corrected chi connectivity index (χ0v) is 17.3. The van der Waals surface area contributed by atoms with E-state index in [-0.39, 0.29) is 22.7 Å². The molecule has 0 spiro atoms. The Balaban J connectivity index is 1.62. The van der Waals surface area contributed by atoms with Gasteiger partial charge in [0.2, 0.25) is 0 Å². The molecule has 7 nitrogen and oxygen atoms in total. The van der Waals surface area contributed by atoms with Crippen LogP contribution in [0.2, 0.25) is 0 Å². The number of carbonyl (C=O) groups excluding carboxylic acids is 2. The van der Waals surface area contributed by atoms with Crippen molar-refractivity contribution in [3.05, 3.63) is 77.7 Å². The fourth-order valence-electron chi connectivity index (χ4n) is 2.63. The summed E-state index contributed by atoms with van der Waals surface area (Å²) in [6, 6.07) is 15.3. The quantitative estimate of drug-likeness (QED) is 0.510. The molecular weight excluding hydrogens is 402 g/mol. The highest BCUT2D eigenvalue weighted by atomic mass is 32.1. The number of anilines is 2. The molecule has 154 valence electrons. The van der Waals surface area contributed by atoms with Crippen molar-refractivity contribution in [1.82, 2.24) is 5.32 Å². The highest BCUT2D eigenvalue weighted by Gasteiger charge is 2.12. The van der Waals surface area contributed by atoms with Crippen molar-refractivity contribution in [2.75, 3.05) is 17.2 Å². The monoisotopic (exact) mass is 423 g/mol. The lowest BCUT2D eigenvalue weighted by Gasteiger charge is -2.14. The zero-order chi connectivity index (χ0) is 21.5. The Morgan fingerprint density at radius 1 is 1.03 bits per heavy atom. The first-order valence-corrected chi connectivity index (χ1v) is 9.68. The van der Waals surface area contributed by atoms with E-state index in [0.29, 0.717) is 29.3 Å². The Hall–Kier alpha value is -3.65. The van der Waals surface area contributed by atoms with E-state index in [2.05, 4.69) is 16.0 Å². The average molecular weight is 423 g/mol. The maximum atomic E-state index is 12.4. The lowest BCUT2D eigenvalue weighted by Crippen LogP contribution is -2.34. The summed E-state index contributed by atoms with van der Waals surface area (Å²) in [5, 5.41) is 8.53. The number of hydrogen-bond acceptors (Lipinski definition) is 5. The van der Waals surface area contributed by atoms with Gasteiger partial charge in [-0.25, -0.2) is 0 Å². The van der Waals surface area contributed by atoms with Crippen LogP contribution < -0.4 is 20.7 Å². The highest BCUT2D eigenvalue weighted by molar-refractivity contribution is 7.80. The van der Waals surface area contributed by atoms with Crippen LogP contribution in [0.3, 0.4) is 0 Å². The number of hydrogen-bond donors (Lipinski definition) is 3. The van der Waals surface area contributed by atoms with Gasteiger partial charge in [-0.2, -0.15) is 0 Å². The molecule has 2 amide bonds. The van der Waals surface area contributed by atoms with Crippen molar-refractivity contribution in [1.29, 1.82) is 0 Å². The van der Waals surface area contributed by atoms with E-state index in [9.17, 15) is 9.59 Å². The molecule has 0 aliphatic rings. The van der Waals surface area contributed by atoms with Gasteiger partial charge in [0.25, 0.3) is 11.8 Å². The first-order chi connectivity index (χ1) is 14.5. The standard InChI is InChI=1S/C22H21N3O4S/c1-3-28-17-10-7-15(8-11-17)20(26)25-22(30)24-18-13-16(9-6-14(18)2)23-21(27)19-5-4-12-29-19/h4-13H,3H2,1-2H3,(H,23,27)(H2,24,25,26,30). The van der Waals surface area contributed by atoms with Crippen molar-refractivity contribution < 1.29 is 18.7 Å². The number of nitrogens with one attached hydrogen (secondary N) is 3. The third-order valence-corrected chi connectivity index (χ3v) is 4.35. The topological polar surface area (TPSA) is 92.6 Å². The summed E-state index contributed by atoms with van der Waals surface area (Å²) >= 11 is 5.27. The van der Waals surface area contributed by atoms with Gasteiger partial charge in [-0.1, -0.05) is 6.07 Å². The Bertz CT molecular complexity index is 1050. The molecule has 30 heavy (non-hydrogen) atoms. The van der Waals surface area contributed by atoms with E-state index < -0.39 is 0 Å². The lowest BCUT2D eigenvalue weighted by atomic mass is 10.1. The molecule has 0 fully saturated rings. The predicted octanol–water partition coefficient (Wildman–Crippen LogP) is 4.37. The van der Waals surface area contributed by atoms with E-state index in [0.717, 1.165) is 5.56 Å². The largest absolute Gasteiger partial charge is 0.494 e. The molecule has 0 atom stereocenters. The minimum Gasteiger partial charge on any atom is -0.494 e. The van der Waals surface area contributed by atoms with Gasteiger partial charge in [0.05, 0.1) is 12.9 Å². The van der Waals surface area contributed by atoms with Crippen molar-refractivity contribution in [2.24, 2.45) is 0 Å². The summed E-state index contributed by atoms with van der Waals surface area (Å²) < 4.78 is 10.5. The molecule has 3 rings (SSSR count). The summed E-state index contributed by atoms with van der Waals surface area (Å²) in [6.07, 6.45) is 1.43. The van der Waals surface area contributed by atoms with Crippen LogP contribution in [0.4, 0.5) is 11.4 Å². The number of amides is 2. The van der Waals surface area contributed by atoms with E-state index >= 15 is 0 Å². The van der Waals surface area contributed by atoms with Gasteiger partial charge in [-0.3, -0.25) is 14.9 Å². The summed E-state index contributed by atoms with van der Waals surface area (Å²) in [5.74, 6) is 0.207. The van der Waals surface area contributed by atoms with Crippen LogP contribution in [0.25, 0.3) is 0 Å². The van der Waals surface area contributed by atoms with E-state index in [4.69, 9.17) is 21.4 Å². The Morgan fingerprint density at radius 2 is 1.80 bits per heavy atom. The maximum Gasteiger partial charge on any atom is 0.291 e. The van der Waals surface area contributed by atoms with Crippen molar-refractivity contribution in [2.45, 2.75) is 13.8 Å². The van der Waals surface area contributed by atoms with Crippen molar-refractivity contribution >= 4 is 40.5 Å². The van der Waals surface area contributed by atoms with Crippen LogP contribution in [-0.4, -0.2) is 23.5 Å². The van der Waals surface area contributed by atoms with Crippen LogP contribution in [0, 0.1) is 6.92 Å². The molecule has 0 saturated carbocycles. The Labute approximate surface area is 179 Å². The van der Waals surface area contributed by atoms with Gasteiger partial charge in [-0.15, -0.1) is 0 Å². The molecule has 0 aliphatic carbocycles. The molecular formula is C22H21N3O4S. The molecule has 0 unspecified atom stereocenters. The minimum absolute atomic E-state index is 0.145. The number of ether oxygens (including phenoxy) is 1. The molecule has 8 heteroatoms. The van der Waals surface area contributed by atoms with Gasteiger partial charge < -0.3 is 19.8 Å². The lowest BCUT2D eigenvalue weighted by molar-refractivity contribution is 0.0975.